The molecular weight excluding hydrogens is 330 g/mol. The zero-order valence-electron chi connectivity index (χ0n) is 11.9. The third-order valence-corrected chi connectivity index (χ3v) is 3.97. The number of rotatable bonds is 3. The molecule has 5 nitrogen and oxygen atoms in total. The zero-order valence-corrected chi connectivity index (χ0v) is 13.4. The quantitative estimate of drug-likeness (QED) is 0.791. The molecule has 0 saturated heterocycles. The van der Waals surface area contributed by atoms with Gasteiger partial charge in [-0.2, -0.15) is 9.61 Å². The van der Waals surface area contributed by atoms with Gasteiger partial charge in [-0.25, -0.2) is 0 Å². The van der Waals surface area contributed by atoms with E-state index in [2.05, 4.69) is 45.1 Å². The van der Waals surface area contributed by atoms with Gasteiger partial charge in [0.15, 0.2) is 11.5 Å². The molecule has 1 atom stereocenters. The van der Waals surface area contributed by atoms with Crippen molar-refractivity contribution >= 4 is 21.6 Å². The third-order valence-electron chi connectivity index (χ3n) is 3.44. The number of halogens is 1. The maximum atomic E-state index is 6.19. The highest BCUT2D eigenvalue weighted by Crippen LogP contribution is 2.22. The van der Waals surface area contributed by atoms with Crippen molar-refractivity contribution in [1.29, 1.82) is 0 Å². The summed E-state index contributed by atoms with van der Waals surface area (Å²) in [5, 5.41) is 13.0. The van der Waals surface area contributed by atoms with Gasteiger partial charge in [-0.15, -0.1) is 10.2 Å². The SMILES string of the molecule is CC(C)[C@@H](N)c1nnc2ccc(-c3ccc(Br)cc3)nn12. The van der Waals surface area contributed by atoms with Crippen molar-refractivity contribution in [3.63, 3.8) is 0 Å². The summed E-state index contributed by atoms with van der Waals surface area (Å²) >= 11 is 3.44. The Hall–Kier alpha value is -1.79. The predicted octanol–water partition coefficient (Wildman–Crippen LogP) is 3.21. The van der Waals surface area contributed by atoms with Crippen LogP contribution in [0.25, 0.3) is 16.9 Å². The Bertz CT molecular complexity index is 763. The van der Waals surface area contributed by atoms with Crippen LogP contribution in [-0.4, -0.2) is 19.8 Å². The molecule has 0 radical (unpaired) electrons. The van der Waals surface area contributed by atoms with E-state index >= 15 is 0 Å². The first kappa shape index (κ1) is 14.2. The number of hydrogen-bond donors (Lipinski definition) is 1. The smallest absolute Gasteiger partial charge is 0.178 e. The normalized spacial score (nSPS) is 13.0. The Kier molecular flexibility index (Phi) is 3.73. The molecule has 0 spiro atoms. The highest BCUT2D eigenvalue weighted by molar-refractivity contribution is 9.10. The lowest BCUT2D eigenvalue weighted by Gasteiger charge is -2.13. The van der Waals surface area contributed by atoms with Crippen molar-refractivity contribution in [3.8, 4) is 11.3 Å². The van der Waals surface area contributed by atoms with E-state index in [1.54, 1.807) is 4.52 Å². The minimum Gasteiger partial charge on any atom is -0.321 e. The van der Waals surface area contributed by atoms with Crippen LogP contribution < -0.4 is 5.73 Å². The molecule has 0 aliphatic carbocycles. The van der Waals surface area contributed by atoms with Crippen LogP contribution in [0.4, 0.5) is 0 Å². The standard InChI is InChI=1S/C15H16BrN5/c1-9(2)14(17)15-19-18-13-8-7-12(20-21(13)15)10-3-5-11(16)6-4-10/h3-9,14H,17H2,1-2H3/t14-/m1/s1. The van der Waals surface area contributed by atoms with Gasteiger partial charge in [0, 0.05) is 10.0 Å². The predicted molar refractivity (Wildman–Crippen MR) is 85.7 cm³/mol. The summed E-state index contributed by atoms with van der Waals surface area (Å²) in [4.78, 5) is 0. The maximum Gasteiger partial charge on any atom is 0.178 e. The van der Waals surface area contributed by atoms with E-state index in [4.69, 9.17) is 5.73 Å². The Morgan fingerprint density at radius 2 is 1.76 bits per heavy atom. The molecule has 0 unspecified atom stereocenters. The van der Waals surface area contributed by atoms with E-state index in [1.807, 2.05) is 36.4 Å². The fourth-order valence-corrected chi connectivity index (χ4v) is 2.35. The van der Waals surface area contributed by atoms with Crippen LogP contribution in [-0.2, 0) is 0 Å². The lowest BCUT2D eigenvalue weighted by Crippen LogP contribution is -2.20. The number of aromatic nitrogens is 4. The van der Waals surface area contributed by atoms with Crippen molar-refractivity contribution in [2.45, 2.75) is 19.9 Å². The van der Waals surface area contributed by atoms with Crippen LogP contribution >= 0.6 is 15.9 Å². The second-order valence-corrected chi connectivity index (χ2v) is 6.24. The van der Waals surface area contributed by atoms with Crippen molar-refractivity contribution < 1.29 is 0 Å². The molecule has 0 amide bonds. The Morgan fingerprint density at radius 1 is 1.05 bits per heavy atom. The molecule has 3 aromatic rings. The van der Waals surface area contributed by atoms with Crippen LogP contribution in [0.3, 0.4) is 0 Å². The molecule has 3 rings (SSSR count). The molecular formula is C15H16BrN5. The minimum absolute atomic E-state index is 0.187. The summed E-state index contributed by atoms with van der Waals surface area (Å²) in [5.74, 6) is 0.967. The molecule has 0 fully saturated rings. The van der Waals surface area contributed by atoms with Gasteiger partial charge in [0.2, 0.25) is 0 Å². The van der Waals surface area contributed by atoms with Crippen LogP contribution in [0.5, 0.6) is 0 Å². The second kappa shape index (κ2) is 5.54. The van der Waals surface area contributed by atoms with E-state index in [-0.39, 0.29) is 12.0 Å². The highest BCUT2D eigenvalue weighted by atomic mass is 79.9. The molecule has 108 valence electrons. The summed E-state index contributed by atoms with van der Waals surface area (Å²) in [6.45, 7) is 4.12. The maximum absolute atomic E-state index is 6.19. The van der Waals surface area contributed by atoms with Crippen molar-refractivity contribution in [1.82, 2.24) is 19.8 Å². The number of hydrogen-bond acceptors (Lipinski definition) is 4. The molecule has 0 aliphatic rings. The van der Waals surface area contributed by atoms with Gasteiger partial charge in [-0.05, 0) is 30.2 Å². The lowest BCUT2D eigenvalue weighted by atomic mass is 10.1. The zero-order chi connectivity index (χ0) is 15.0. The molecule has 2 heterocycles. The average Bonchev–Trinajstić information content (AvgIpc) is 2.90. The van der Waals surface area contributed by atoms with Gasteiger partial charge >= 0.3 is 0 Å². The number of fused-ring (bicyclic) bond motifs is 1. The minimum atomic E-state index is -0.187. The van der Waals surface area contributed by atoms with Crippen LogP contribution in [0.15, 0.2) is 40.9 Å². The molecule has 2 aromatic heterocycles. The van der Waals surface area contributed by atoms with Gasteiger partial charge in [0.1, 0.15) is 0 Å². The summed E-state index contributed by atoms with van der Waals surface area (Å²) in [6, 6.07) is 11.7. The average molecular weight is 346 g/mol. The van der Waals surface area contributed by atoms with Gasteiger partial charge in [-0.1, -0.05) is 41.9 Å². The van der Waals surface area contributed by atoms with E-state index in [1.165, 1.54) is 0 Å². The van der Waals surface area contributed by atoms with Crippen LogP contribution in [0.1, 0.15) is 25.7 Å². The topological polar surface area (TPSA) is 69.1 Å². The lowest BCUT2D eigenvalue weighted by molar-refractivity contribution is 0.480. The number of benzene rings is 1. The monoisotopic (exact) mass is 345 g/mol. The van der Waals surface area contributed by atoms with Gasteiger partial charge in [0.05, 0.1) is 11.7 Å². The van der Waals surface area contributed by atoms with Gasteiger partial charge < -0.3 is 5.73 Å². The first-order valence-corrected chi connectivity index (χ1v) is 7.59. The molecule has 0 aliphatic heterocycles. The first-order valence-electron chi connectivity index (χ1n) is 6.80. The number of nitrogens with zero attached hydrogens (tertiary/aromatic N) is 4. The Morgan fingerprint density at radius 3 is 2.43 bits per heavy atom. The van der Waals surface area contributed by atoms with Crippen molar-refractivity contribution in [2.75, 3.05) is 0 Å². The van der Waals surface area contributed by atoms with E-state index in [0.717, 1.165) is 15.7 Å². The Labute approximate surface area is 131 Å². The Balaban J connectivity index is 2.10. The van der Waals surface area contributed by atoms with Gasteiger partial charge in [-0.3, -0.25) is 0 Å². The van der Waals surface area contributed by atoms with E-state index < -0.39 is 0 Å². The first-order chi connectivity index (χ1) is 10.1. The summed E-state index contributed by atoms with van der Waals surface area (Å²) < 4.78 is 2.78. The fourth-order valence-electron chi connectivity index (χ4n) is 2.09. The second-order valence-electron chi connectivity index (χ2n) is 5.32. The molecule has 21 heavy (non-hydrogen) atoms. The third kappa shape index (κ3) is 2.69. The molecule has 0 saturated carbocycles. The molecule has 2 N–H and O–H groups in total. The summed E-state index contributed by atoms with van der Waals surface area (Å²) in [7, 11) is 0. The summed E-state index contributed by atoms with van der Waals surface area (Å²) in [6.07, 6.45) is 0. The van der Waals surface area contributed by atoms with E-state index in [9.17, 15) is 0 Å². The van der Waals surface area contributed by atoms with Crippen LogP contribution in [0, 0.1) is 5.92 Å². The largest absolute Gasteiger partial charge is 0.321 e. The fraction of sp³-hybridized carbons (Fsp3) is 0.267. The number of nitrogens with two attached hydrogens (primary N) is 1. The van der Waals surface area contributed by atoms with Crippen molar-refractivity contribution in [2.24, 2.45) is 11.7 Å². The highest BCUT2D eigenvalue weighted by Gasteiger charge is 2.18. The summed E-state index contributed by atoms with van der Waals surface area (Å²) in [5.41, 5.74) is 8.80. The van der Waals surface area contributed by atoms with Crippen LogP contribution in [0.2, 0.25) is 0 Å². The molecule has 1 aromatic carbocycles. The molecule has 0 bridgehead atoms. The van der Waals surface area contributed by atoms with E-state index in [0.29, 0.717) is 11.5 Å². The molecule has 6 heteroatoms. The van der Waals surface area contributed by atoms with Crippen molar-refractivity contribution in [3.05, 3.63) is 46.7 Å². The van der Waals surface area contributed by atoms with Gasteiger partial charge in [0.25, 0.3) is 0 Å².